The van der Waals surface area contributed by atoms with Crippen molar-refractivity contribution in [3.63, 3.8) is 0 Å². The topological polar surface area (TPSA) is 77.9 Å². The molecule has 0 aliphatic carbocycles. The van der Waals surface area contributed by atoms with Gasteiger partial charge in [-0.3, -0.25) is 9.59 Å². The van der Waals surface area contributed by atoms with Gasteiger partial charge in [0, 0.05) is 19.6 Å². The summed E-state index contributed by atoms with van der Waals surface area (Å²) in [6.07, 6.45) is 0. The van der Waals surface area contributed by atoms with Crippen LogP contribution in [0.1, 0.15) is 18.4 Å². The van der Waals surface area contributed by atoms with Gasteiger partial charge in [-0.05, 0) is 35.4 Å². The fourth-order valence-corrected chi connectivity index (χ4v) is 5.25. The van der Waals surface area contributed by atoms with Crippen molar-refractivity contribution in [3.8, 4) is 0 Å². The summed E-state index contributed by atoms with van der Waals surface area (Å²) in [5.41, 5.74) is 0.890. The minimum Gasteiger partial charge on any atom is -0.480 e. The Morgan fingerprint density at radius 3 is 2.35 bits per heavy atom. The van der Waals surface area contributed by atoms with E-state index in [2.05, 4.69) is 0 Å². The van der Waals surface area contributed by atoms with Crippen LogP contribution in [0.4, 0.5) is 0 Å². The molecule has 3 aromatic carbocycles. The summed E-state index contributed by atoms with van der Waals surface area (Å²) in [6.45, 7) is 2.39. The van der Waals surface area contributed by atoms with Gasteiger partial charge in [-0.2, -0.15) is 0 Å². The van der Waals surface area contributed by atoms with E-state index < -0.39 is 23.0 Å². The number of hydrogen-bond donors (Lipinski definition) is 1. The lowest BCUT2D eigenvalue weighted by Crippen LogP contribution is -2.58. The number of aliphatic carboxylic acids is 1. The molecule has 3 atom stereocenters. The minimum atomic E-state index is -1.64. The van der Waals surface area contributed by atoms with Crippen LogP contribution in [0, 0.1) is 0 Å². The van der Waals surface area contributed by atoms with Crippen molar-refractivity contribution in [3.05, 3.63) is 78.4 Å². The molecule has 31 heavy (non-hydrogen) atoms. The molecule has 0 radical (unpaired) electrons. The molecule has 1 amide bonds. The van der Waals surface area contributed by atoms with Crippen molar-refractivity contribution in [2.24, 2.45) is 0 Å². The number of carbonyl (C=O) groups excluding carboxylic acids is 1. The molecular formula is C24H24N2O4S. The van der Waals surface area contributed by atoms with E-state index in [0.29, 0.717) is 11.4 Å². The molecule has 160 valence electrons. The van der Waals surface area contributed by atoms with Gasteiger partial charge in [-0.25, -0.2) is 8.51 Å². The fourth-order valence-electron chi connectivity index (χ4n) is 3.94. The molecular weight excluding hydrogens is 412 g/mol. The number of carboxylic acids is 1. The molecule has 3 unspecified atom stereocenters. The van der Waals surface area contributed by atoms with E-state index in [0.717, 1.165) is 16.3 Å². The average molecular weight is 437 g/mol. The lowest BCUT2D eigenvalue weighted by molar-refractivity contribution is -0.145. The Balaban J connectivity index is 1.53. The molecule has 1 aliphatic heterocycles. The summed E-state index contributed by atoms with van der Waals surface area (Å²) in [5, 5.41) is 11.8. The van der Waals surface area contributed by atoms with Crippen LogP contribution in [0.15, 0.2) is 77.7 Å². The van der Waals surface area contributed by atoms with Crippen LogP contribution in [-0.2, 0) is 20.6 Å². The Morgan fingerprint density at radius 2 is 1.65 bits per heavy atom. The van der Waals surface area contributed by atoms with Crippen molar-refractivity contribution in [1.29, 1.82) is 0 Å². The second kappa shape index (κ2) is 8.99. The first-order valence-electron chi connectivity index (χ1n) is 10.2. The maximum atomic E-state index is 13.3. The maximum absolute atomic E-state index is 13.3. The normalized spacial score (nSPS) is 19.1. The van der Waals surface area contributed by atoms with Crippen molar-refractivity contribution in [2.45, 2.75) is 23.8 Å². The minimum absolute atomic E-state index is 0.00462. The smallest absolute Gasteiger partial charge is 0.323 e. The van der Waals surface area contributed by atoms with E-state index in [1.54, 1.807) is 11.0 Å². The predicted octanol–water partition coefficient (Wildman–Crippen LogP) is 3.26. The van der Waals surface area contributed by atoms with Gasteiger partial charge in [0.1, 0.15) is 17.0 Å². The third kappa shape index (κ3) is 4.38. The summed E-state index contributed by atoms with van der Waals surface area (Å²) < 4.78 is 14.7. The molecule has 0 spiro atoms. The van der Waals surface area contributed by atoms with Crippen LogP contribution in [0.5, 0.6) is 0 Å². The molecule has 1 heterocycles. The third-order valence-electron chi connectivity index (χ3n) is 5.73. The van der Waals surface area contributed by atoms with Crippen LogP contribution in [0.3, 0.4) is 0 Å². The zero-order chi connectivity index (χ0) is 22.0. The molecule has 6 nitrogen and oxygen atoms in total. The second-order valence-corrected chi connectivity index (χ2v) is 9.11. The molecule has 3 aromatic rings. The second-order valence-electron chi connectivity index (χ2n) is 7.67. The molecule has 1 aliphatic rings. The first-order chi connectivity index (χ1) is 15.0. The zero-order valence-corrected chi connectivity index (χ0v) is 18.0. The molecule has 0 saturated carbocycles. The highest BCUT2D eigenvalue weighted by Gasteiger charge is 2.38. The first-order valence-corrected chi connectivity index (χ1v) is 11.3. The highest BCUT2D eigenvalue weighted by Crippen LogP contribution is 2.25. The van der Waals surface area contributed by atoms with Crippen LogP contribution in [0.25, 0.3) is 10.8 Å². The Kier molecular flexibility index (Phi) is 6.15. The fraction of sp³-hybridized carbons (Fsp3) is 0.250. The molecule has 0 aromatic heterocycles. The van der Waals surface area contributed by atoms with E-state index in [4.69, 9.17) is 0 Å². The molecule has 0 bridgehead atoms. The van der Waals surface area contributed by atoms with Crippen molar-refractivity contribution >= 4 is 33.6 Å². The largest absolute Gasteiger partial charge is 0.480 e. The van der Waals surface area contributed by atoms with Gasteiger partial charge in [0.15, 0.2) is 0 Å². The van der Waals surface area contributed by atoms with E-state index in [-0.39, 0.29) is 24.9 Å². The zero-order valence-electron chi connectivity index (χ0n) is 17.2. The standard InChI is InChI=1S/C24H24N2O4S/c1-17(18-7-3-2-4-8-18)23(27)25-13-14-26(22(16-25)24(28)29)31(30)21-12-11-19-9-5-6-10-20(19)15-21/h2-12,15,17,22H,13-14,16H2,1H3,(H,28,29). The average Bonchev–Trinajstić information content (AvgIpc) is 2.82. The third-order valence-corrected chi connectivity index (χ3v) is 7.25. The summed E-state index contributed by atoms with van der Waals surface area (Å²) in [6, 6.07) is 21.6. The number of nitrogens with zero attached hydrogens (tertiary/aromatic N) is 2. The number of carbonyl (C=O) groups is 2. The van der Waals surface area contributed by atoms with Gasteiger partial charge in [-0.1, -0.05) is 60.7 Å². The predicted molar refractivity (Wildman–Crippen MR) is 120 cm³/mol. The van der Waals surface area contributed by atoms with Gasteiger partial charge < -0.3 is 10.0 Å². The summed E-state index contributed by atoms with van der Waals surface area (Å²) in [7, 11) is -1.64. The van der Waals surface area contributed by atoms with E-state index in [1.807, 2.05) is 73.7 Å². The SMILES string of the molecule is CC(C(=O)N1CCN(S(=O)c2ccc3ccccc3c2)C(C(=O)O)C1)c1ccccc1. The highest BCUT2D eigenvalue weighted by molar-refractivity contribution is 7.82. The monoisotopic (exact) mass is 436 g/mol. The van der Waals surface area contributed by atoms with Gasteiger partial charge in [0.05, 0.1) is 10.8 Å². The number of piperazine rings is 1. The van der Waals surface area contributed by atoms with Crippen LogP contribution < -0.4 is 0 Å². The van der Waals surface area contributed by atoms with E-state index in [1.165, 1.54) is 4.31 Å². The lowest BCUT2D eigenvalue weighted by atomic mass is 9.99. The lowest BCUT2D eigenvalue weighted by Gasteiger charge is -2.39. The van der Waals surface area contributed by atoms with Crippen molar-refractivity contribution in [2.75, 3.05) is 19.6 Å². The van der Waals surface area contributed by atoms with E-state index >= 15 is 0 Å². The van der Waals surface area contributed by atoms with Crippen molar-refractivity contribution in [1.82, 2.24) is 9.21 Å². The Bertz CT molecular complexity index is 1130. The Labute approximate surface area is 183 Å². The molecule has 7 heteroatoms. The van der Waals surface area contributed by atoms with Crippen LogP contribution in [0.2, 0.25) is 0 Å². The number of fused-ring (bicyclic) bond motifs is 1. The van der Waals surface area contributed by atoms with Gasteiger partial charge in [0.25, 0.3) is 0 Å². The quantitative estimate of drug-likeness (QED) is 0.666. The Hall–Kier alpha value is -3.03. The summed E-state index contributed by atoms with van der Waals surface area (Å²) in [4.78, 5) is 27.1. The number of hydrogen-bond acceptors (Lipinski definition) is 3. The summed E-state index contributed by atoms with van der Waals surface area (Å²) >= 11 is 0. The Morgan fingerprint density at radius 1 is 0.968 bits per heavy atom. The molecule has 1 N–H and O–H groups in total. The van der Waals surface area contributed by atoms with Crippen molar-refractivity contribution < 1.29 is 18.9 Å². The van der Waals surface area contributed by atoms with Crippen LogP contribution >= 0.6 is 0 Å². The summed E-state index contributed by atoms with van der Waals surface area (Å²) in [5.74, 6) is -1.57. The van der Waals surface area contributed by atoms with Crippen LogP contribution in [-0.4, -0.2) is 56.1 Å². The van der Waals surface area contributed by atoms with Gasteiger partial charge in [-0.15, -0.1) is 0 Å². The number of amides is 1. The van der Waals surface area contributed by atoms with E-state index in [9.17, 15) is 18.9 Å². The molecule has 1 saturated heterocycles. The van der Waals surface area contributed by atoms with Gasteiger partial charge >= 0.3 is 5.97 Å². The number of carboxylic acid groups (broad SMARTS) is 1. The molecule has 1 fully saturated rings. The van der Waals surface area contributed by atoms with Gasteiger partial charge in [0.2, 0.25) is 5.91 Å². The highest BCUT2D eigenvalue weighted by atomic mass is 32.2. The molecule has 4 rings (SSSR count). The maximum Gasteiger partial charge on any atom is 0.323 e. The number of benzene rings is 3. The number of rotatable bonds is 5. The first kappa shape index (κ1) is 21.2.